The fourth-order valence-corrected chi connectivity index (χ4v) is 4.82. The number of fused-ring (bicyclic) bond motifs is 1. The van der Waals surface area contributed by atoms with Crippen LogP contribution in [0.15, 0.2) is 46.2 Å². The highest BCUT2D eigenvalue weighted by molar-refractivity contribution is 7.92. The van der Waals surface area contributed by atoms with Gasteiger partial charge < -0.3 is 0 Å². The zero-order valence-electron chi connectivity index (χ0n) is 12.7. The van der Waals surface area contributed by atoms with E-state index in [2.05, 4.69) is 0 Å². The van der Waals surface area contributed by atoms with E-state index in [-0.39, 0.29) is 11.4 Å². The Bertz CT molecular complexity index is 1030. The summed E-state index contributed by atoms with van der Waals surface area (Å²) in [4.78, 5) is -0.488. The quantitative estimate of drug-likeness (QED) is 0.886. The second-order valence-corrected chi connectivity index (χ2v) is 8.99. The van der Waals surface area contributed by atoms with Crippen LogP contribution in [0.3, 0.4) is 0 Å². The predicted molar refractivity (Wildman–Crippen MR) is 87.2 cm³/mol. The second-order valence-electron chi connectivity index (χ2n) is 5.60. The first-order chi connectivity index (χ1) is 11.1. The van der Waals surface area contributed by atoms with Crippen molar-refractivity contribution in [2.45, 2.75) is 23.1 Å². The molecule has 2 N–H and O–H groups in total. The smallest absolute Gasteiger partial charge is 0.266 e. The molecule has 0 spiro atoms. The van der Waals surface area contributed by atoms with Crippen LogP contribution in [-0.4, -0.2) is 23.4 Å². The van der Waals surface area contributed by atoms with Crippen LogP contribution in [0.25, 0.3) is 0 Å². The van der Waals surface area contributed by atoms with Crippen LogP contribution in [0.2, 0.25) is 0 Å². The molecule has 0 fully saturated rings. The number of primary sulfonamides is 1. The van der Waals surface area contributed by atoms with Crippen molar-refractivity contribution in [2.75, 3.05) is 10.8 Å². The standard InChI is InChI=1S/C15H15FN2O4S2/c1-10-2-5-15(13(16)8-10)24(21,22)18-7-6-11-9-12(23(17,19)20)3-4-14(11)18/h2-5,8-9H,6-7H2,1H3,(H2,17,19,20). The van der Waals surface area contributed by atoms with Gasteiger partial charge in [0.15, 0.2) is 0 Å². The molecule has 6 nitrogen and oxygen atoms in total. The zero-order chi connectivity index (χ0) is 17.7. The third-order valence-corrected chi connectivity index (χ3v) is 6.65. The molecule has 0 atom stereocenters. The van der Waals surface area contributed by atoms with Crippen molar-refractivity contribution >= 4 is 25.7 Å². The lowest BCUT2D eigenvalue weighted by molar-refractivity contribution is 0.564. The highest BCUT2D eigenvalue weighted by Gasteiger charge is 2.33. The molecule has 3 rings (SSSR count). The van der Waals surface area contributed by atoms with E-state index in [0.717, 1.165) is 10.4 Å². The molecular formula is C15H15FN2O4S2. The van der Waals surface area contributed by atoms with Gasteiger partial charge in [-0.25, -0.2) is 26.4 Å². The molecule has 0 aromatic heterocycles. The number of hydrogen-bond acceptors (Lipinski definition) is 4. The van der Waals surface area contributed by atoms with Crippen molar-refractivity contribution in [3.05, 3.63) is 53.3 Å². The maximum absolute atomic E-state index is 14.1. The first-order valence-electron chi connectivity index (χ1n) is 7.05. The molecule has 0 saturated carbocycles. The van der Waals surface area contributed by atoms with Gasteiger partial charge in [-0.3, -0.25) is 4.31 Å². The first kappa shape index (κ1) is 16.9. The predicted octanol–water partition coefficient (Wildman–Crippen LogP) is 1.53. The van der Waals surface area contributed by atoms with Crippen molar-refractivity contribution in [3.63, 3.8) is 0 Å². The Morgan fingerprint density at radius 3 is 2.42 bits per heavy atom. The highest BCUT2D eigenvalue weighted by atomic mass is 32.2. The summed E-state index contributed by atoms with van der Waals surface area (Å²) in [5, 5.41) is 5.09. The number of anilines is 1. The normalized spacial score (nSPS) is 14.7. The average molecular weight is 370 g/mol. The van der Waals surface area contributed by atoms with E-state index >= 15 is 0 Å². The van der Waals surface area contributed by atoms with Gasteiger partial charge in [-0.2, -0.15) is 0 Å². The fraction of sp³-hybridized carbons (Fsp3) is 0.200. The number of benzene rings is 2. The van der Waals surface area contributed by atoms with Crippen LogP contribution in [0.5, 0.6) is 0 Å². The Hall–Kier alpha value is -1.97. The Kier molecular flexibility index (Phi) is 3.89. The summed E-state index contributed by atoms with van der Waals surface area (Å²) in [6, 6.07) is 7.90. The van der Waals surface area contributed by atoms with Crippen LogP contribution in [-0.2, 0) is 26.5 Å². The lowest BCUT2D eigenvalue weighted by atomic mass is 10.2. The van der Waals surface area contributed by atoms with E-state index in [1.807, 2.05) is 0 Å². The molecule has 0 unspecified atom stereocenters. The number of sulfonamides is 2. The Morgan fingerprint density at radius 2 is 1.79 bits per heavy atom. The minimum Gasteiger partial charge on any atom is -0.266 e. The third kappa shape index (κ3) is 2.79. The van der Waals surface area contributed by atoms with Gasteiger partial charge in [0.1, 0.15) is 10.7 Å². The summed E-state index contributed by atoms with van der Waals surface area (Å²) in [5.74, 6) is -0.815. The van der Waals surface area contributed by atoms with E-state index in [0.29, 0.717) is 23.2 Å². The van der Waals surface area contributed by atoms with Crippen molar-refractivity contribution in [1.82, 2.24) is 0 Å². The minimum absolute atomic E-state index is 0.0815. The maximum Gasteiger partial charge on any atom is 0.267 e. The van der Waals surface area contributed by atoms with Crippen LogP contribution in [0.4, 0.5) is 10.1 Å². The van der Waals surface area contributed by atoms with E-state index < -0.39 is 30.8 Å². The largest absolute Gasteiger partial charge is 0.267 e. The van der Waals surface area contributed by atoms with Gasteiger partial charge in [-0.15, -0.1) is 0 Å². The monoisotopic (exact) mass is 370 g/mol. The van der Waals surface area contributed by atoms with Gasteiger partial charge in [0.2, 0.25) is 10.0 Å². The molecule has 24 heavy (non-hydrogen) atoms. The van der Waals surface area contributed by atoms with Crippen LogP contribution < -0.4 is 9.44 Å². The molecule has 2 aromatic carbocycles. The molecule has 1 heterocycles. The number of rotatable bonds is 3. The molecule has 0 saturated heterocycles. The summed E-state index contributed by atoms with van der Waals surface area (Å²) in [5.41, 5.74) is 1.49. The zero-order valence-corrected chi connectivity index (χ0v) is 14.4. The Balaban J connectivity index is 2.08. The van der Waals surface area contributed by atoms with Gasteiger partial charge >= 0.3 is 0 Å². The van der Waals surface area contributed by atoms with Gasteiger partial charge in [0.05, 0.1) is 10.6 Å². The van der Waals surface area contributed by atoms with Crippen LogP contribution in [0.1, 0.15) is 11.1 Å². The molecule has 0 radical (unpaired) electrons. The molecule has 0 amide bonds. The van der Waals surface area contributed by atoms with Gasteiger partial charge in [-0.05, 0) is 54.8 Å². The van der Waals surface area contributed by atoms with E-state index in [1.165, 1.54) is 30.3 Å². The topological polar surface area (TPSA) is 97.5 Å². The Labute approximate surface area is 139 Å². The van der Waals surface area contributed by atoms with E-state index in [9.17, 15) is 21.2 Å². The summed E-state index contributed by atoms with van der Waals surface area (Å²) in [6.07, 6.45) is 0.325. The number of nitrogens with zero attached hydrogens (tertiary/aromatic N) is 1. The molecular weight excluding hydrogens is 355 g/mol. The summed E-state index contributed by atoms with van der Waals surface area (Å²) < 4.78 is 63.5. The van der Waals surface area contributed by atoms with Gasteiger partial charge in [0, 0.05) is 6.54 Å². The SMILES string of the molecule is Cc1ccc(S(=O)(=O)N2CCc3cc(S(N)(=O)=O)ccc32)c(F)c1. The molecule has 0 aliphatic carbocycles. The lowest BCUT2D eigenvalue weighted by Gasteiger charge is -2.20. The van der Waals surface area contributed by atoms with Crippen molar-refractivity contribution < 1.29 is 21.2 Å². The molecule has 1 aliphatic rings. The highest BCUT2D eigenvalue weighted by Crippen LogP contribution is 2.34. The number of hydrogen-bond donors (Lipinski definition) is 1. The molecule has 9 heteroatoms. The van der Waals surface area contributed by atoms with Crippen molar-refractivity contribution in [3.8, 4) is 0 Å². The van der Waals surface area contributed by atoms with Crippen LogP contribution in [0, 0.1) is 12.7 Å². The molecule has 128 valence electrons. The maximum atomic E-state index is 14.1. The minimum atomic E-state index is -4.07. The first-order valence-corrected chi connectivity index (χ1v) is 10.0. The van der Waals surface area contributed by atoms with Gasteiger partial charge in [-0.1, -0.05) is 6.07 Å². The van der Waals surface area contributed by atoms with E-state index in [1.54, 1.807) is 6.92 Å². The van der Waals surface area contributed by atoms with E-state index in [4.69, 9.17) is 5.14 Å². The fourth-order valence-electron chi connectivity index (χ4n) is 2.71. The molecule has 0 bridgehead atoms. The number of nitrogens with two attached hydrogens (primary N) is 1. The second kappa shape index (κ2) is 5.54. The summed E-state index contributed by atoms with van der Waals surface area (Å²) in [6.45, 7) is 1.78. The number of halogens is 1. The number of aryl methyl sites for hydroxylation is 1. The Morgan fingerprint density at radius 1 is 1.08 bits per heavy atom. The summed E-state index contributed by atoms with van der Waals surface area (Å²) >= 11 is 0. The van der Waals surface area contributed by atoms with Crippen molar-refractivity contribution in [2.24, 2.45) is 5.14 Å². The van der Waals surface area contributed by atoms with Gasteiger partial charge in [0.25, 0.3) is 10.0 Å². The molecule has 2 aromatic rings. The summed E-state index contributed by atoms with van der Waals surface area (Å²) in [7, 11) is -7.94. The molecule has 1 aliphatic heterocycles. The van der Waals surface area contributed by atoms with Crippen LogP contribution >= 0.6 is 0 Å². The third-order valence-electron chi connectivity index (χ3n) is 3.89. The van der Waals surface area contributed by atoms with Crippen molar-refractivity contribution in [1.29, 1.82) is 0 Å². The lowest BCUT2D eigenvalue weighted by Crippen LogP contribution is -2.29. The average Bonchev–Trinajstić information content (AvgIpc) is 2.89.